The number of nitrogens with one attached hydrogen (secondary N) is 2. The van der Waals surface area contributed by atoms with Gasteiger partial charge in [-0.25, -0.2) is 9.97 Å². The lowest BCUT2D eigenvalue weighted by Gasteiger charge is -2.12. The van der Waals surface area contributed by atoms with Gasteiger partial charge < -0.3 is 29.6 Å². The highest BCUT2D eigenvalue weighted by molar-refractivity contribution is 7.80. The highest BCUT2D eigenvalue weighted by atomic mass is 32.1. The van der Waals surface area contributed by atoms with E-state index in [-0.39, 0.29) is 29.8 Å². The molecular formula is C24H26N4O6S. The van der Waals surface area contributed by atoms with E-state index in [0.29, 0.717) is 52.7 Å². The summed E-state index contributed by atoms with van der Waals surface area (Å²) in [4.78, 5) is 31.8. The second kappa shape index (κ2) is 12.5. The Morgan fingerprint density at radius 3 is 2.40 bits per heavy atom. The van der Waals surface area contributed by atoms with E-state index in [0.717, 1.165) is 0 Å². The van der Waals surface area contributed by atoms with Crippen LogP contribution in [0, 0.1) is 0 Å². The maximum atomic E-state index is 12.0. The van der Waals surface area contributed by atoms with Crippen LogP contribution < -0.4 is 24.8 Å². The van der Waals surface area contributed by atoms with Crippen molar-refractivity contribution in [2.45, 2.75) is 26.2 Å². The molecule has 0 spiro atoms. The summed E-state index contributed by atoms with van der Waals surface area (Å²) in [5.41, 5.74) is 1.31. The van der Waals surface area contributed by atoms with Gasteiger partial charge in [0.15, 0.2) is 16.6 Å². The van der Waals surface area contributed by atoms with Crippen molar-refractivity contribution in [3.05, 3.63) is 42.7 Å². The fraction of sp³-hybridized carbons (Fsp3) is 0.292. The van der Waals surface area contributed by atoms with Gasteiger partial charge in [-0.2, -0.15) is 0 Å². The van der Waals surface area contributed by atoms with Gasteiger partial charge in [0.1, 0.15) is 12.1 Å². The summed E-state index contributed by atoms with van der Waals surface area (Å²) in [5, 5.41) is 6.35. The van der Waals surface area contributed by atoms with Crippen molar-refractivity contribution < 1.29 is 28.5 Å². The first kappa shape index (κ1) is 25.6. The molecule has 1 heterocycles. The van der Waals surface area contributed by atoms with Crippen molar-refractivity contribution in [3.63, 3.8) is 0 Å². The summed E-state index contributed by atoms with van der Waals surface area (Å²) in [5.74, 6) is 1.39. The van der Waals surface area contributed by atoms with Crippen LogP contribution in [-0.4, -0.2) is 47.8 Å². The van der Waals surface area contributed by atoms with Crippen LogP contribution in [0.5, 0.6) is 23.1 Å². The molecule has 0 fully saturated rings. The number of methoxy groups -OCH3 is 2. The predicted molar refractivity (Wildman–Crippen MR) is 134 cm³/mol. The molecule has 184 valence electrons. The number of nitrogens with zero attached hydrogens (tertiary/aromatic N) is 2. The molecule has 0 saturated carbocycles. The lowest BCUT2D eigenvalue weighted by Crippen LogP contribution is -2.34. The molecule has 11 heteroatoms. The monoisotopic (exact) mass is 498 g/mol. The minimum Gasteiger partial charge on any atom is -0.493 e. The van der Waals surface area contributed by atoms with Crippen molar-refractivity contribution in [2.24, 2.45) is 0 Å². The summed E-state index contributed by atoms with van der Waals surface area (Å²) < 4.78 is 21.5. The van der Waals surface area contributed by atoms with Crippen LogP contribution >= 0.6 is 12.2 Å². The molecule has 35 heavy (non-hydrogen) atoms. The van der Waals surface area contributed by atoms with Gasteiger partial charge in [0.2, 0.25) is 11.8 Å². The lowest BCUT2D eigenvalue weighted by atomic mass is 10.2. The minimum atomic E-state index is -0.322. The van der Waals surface area contributed by atoms with E-state index in [4.69, 9.17) is 31.2 Å². The summed E-state index contributed by atoms with van der Waals surface area (Å²) in [6.07, 6.45) is 2.14. The fourth-order valence-corrected chi connectivity index (χ4v) is 3.37. The highest BCUT2D eigenvalue weighted by Crippen LogP contribution is 2.35. The second-order valence-corrected chi connectivity index (χ2v) is 7.60. The van der Waals surface area contributed by atoms with Gasteiger partial charge in [-0.15, -0.1) is 0 Å². The van der Waals surface area contributed by atoms with Crippen LogP contribution in [0.15, 0.2) is 42.7 Å². The van der Waals surface area contributed by atoms with E-state index in [9.17, 15) is 9.59 Å². The number of fused-ring (bicyclic) bond motifs is 1. The average Bonchev–Trinajstić information content (AvgIpc) is 2.84. The summed E-state index contributed by atoms with van der Waals surface area (Å²) in [7, 11) is 3.11. The number of aromatic nitrogens is 2. The largest absolute Gasteiger partial charge is 0.493 e. The third-order valence-electron chi connectivity index (χ3n) is 4.77. The lowest BCUT2D eigenvalue weighted by molar-refractivity contribution is -0.143. The second-order valence-electron chi connectivity index (χ2n) is 7.19. The third kappa shape index (κ3) is 7.24. The first-order valence-electron chi connectivity index (χ1n) is 10.8. The Labute approximate surface area is 207 Å². The van der Waals surface area contributed by atoms with E-state index in [1.807, 2.05) is 0 Å². The Bertz CT molecular complexity index is 1200. The standard InChI is InChI=1S/C24H26N4O6S/c1-4-33-22(30)7-5-6-21(29)28-24(35)27-15-8-10-16(11-9-15)34-23-17-12-19(31-2)20(32-3)13-18(17)25-14-26-23/h8-14H,4-7H2,1-3H3,(H2,27,28,29,35). The molecular weight excluding hydrogens is 472 g/mol. The first-order valence-corrected chi connectivity index (χ1v) is 11.3. The molecule has 1 amide bonds. The summed E-state index contributed by atoms with van der Waals surface area (Å²) in [6, 6.07) is 10.5. The molecule has 0 saturated heterocycles. The van der Waals surface area contributed by atoms with Crippen LogP contribution in [-0.2, 0) is 14.3 Å². The molecule has 0 aliphatic heterocycles. The quantitative estimate of drug-likeness (QED) is 0.313. The summed E-state index contributed by atoms with van der Waals surface area (Å²) in [6.45, 7) is 2.06. The first-order chi connectivity index (χ1) is 16.9. The number of carbonyl (C=O) groups excluding carboxylic acids is 2. The van der Waals surface area contributed by atoms with Crippen molar-refractivity contribution in [3.8, 4) is 23.1 Å². The number of rotatable bonds is 10. The number of amides is 1. The molecule has 0 aliphatic carbocycles. The Balaban J connectivity index is 1.57. The van der Waals surface area contributed by atoms with Crippen LogP contribution in [0.1, 0.15) is 26.2 Å². The highest BCUT2D eigenvalue weighted by Gasteiger charge is 2.13. The van der Waals surface area contributed by atoms with E-state index in [1.165, 1.54) is 6.33 Å². The van der Waals surface area contributed by atoms with Gasteiger partial charge in [-0.05, 0) is 55.9 Å². The number of hydrogen-bond acceptors (Lipinski definition) is 9. The van der Waals surface area contributed by atoms with Crippen LogP contribution in [0.3, 0.4) is 0 Å². The van der Waals surface area contributed by atoms with Gasteiger partial charge in [0.25, 0.3) is 0 Å². The number of thiocarbonyl (C=S) groups is 1. The number of hydrogen-bond donors (Lipinski definition) is 2. The maximum absolute atomic E-state index is 12.0. The number of ether oxygens (including phenoxy) is 4. The molecule has 2 aromatic carbocycles. The number of benzene rings is 2. The van der Waals surface area contributed by atoms with E-state index in [1.54, 1.807) is 57.5 Å². The number of esters is 1. The topological polar surface area (TPSA) is 121 Å². The zero-order valence-electron chi connectivity index (χ0n) is 19.6. The molecule has 0 aliphatic rings. The van der Waals surface area contributed by atoms with Gasteiger partial charge in [-0.3, -0.25) is 9.59 Å². The normalized spacial score (nSPS) is 10.4. The molecule has 10 nitrogen and oxygen atoms in total. The van der Waals surface area contributed by atoms with Crippen molar-refractivity contribution in [2.75, 3.05) is 26.1 Å². The maximum Gasteiger partial charge on any atom is 0.305 e. The number of anilines is 1. The molecule has 3 rings (SSSR count). The van der Waals surface area contributed by atoms with E-state index in [2.05, 4.69) is 20.6 Å². The van der Waals surface area contributed by atoms with Crippen molar-refractivity contribution in [1.29, 1.82) is 0 Å². The zero-order chi connectivity index (χ0) is 25.2. The van der Waals surface area contributed by atoms with Crippen molar-refractivity contribution in [1.82, 2.24) is 15.3 Å². The van der Waals surface area contributed by atoms with Crippen LogP contribution in [0.4, 0.5) is 5.69 Å². The van der Waals surface area contributed by atoms with Gasteiger partial charge in [0, 0.05) is 24.6 Å². The zero-order valence-corrected chi connectivity index (χ0v) is 20.4. The average molecular weight is 499 g/mol. The molecule has 3 aromatic rings. The van der Waals surface area contributed by atoms with E-state index >= 15 is 0 Å². The minimum absolute atomic E-state index is 0.155. The molecule has 0 radical (unpaired) electrons. The molecule has 0 bridgehead atoms. The Morgan fingerprint density at radius 2 is 1.71 bits per heavy atom. The predicted octanol–water partition coefficient (Wildman–Crippen LogP) is 3.99. The SMILES string of the molecule is CCOC(=O)CCCC(=O)NC(=S)Nc1ccc(Oc2ncnc3cc(OC)c(OC)cc23)cc1. The van der Waals surface area contributed by atoms with Gasteiger partial charge in [0.05, 0.1) is 31.7 Å². The molecule has 2 N–H and O–H groups in total. The van der Waals surface area contributed by atoms with Gasteiger partial charge >= 0.3 is 5.97 Å². The smallest absolute Gasteiger partial charge is 0.305 e. The van der Waals surface area contributed by atoms with E-state index < -0.39 is 0 Å². The fourth-order valence-electron chi connectivity index (χ4n) is 3.14. The Morgan fingerprint density at radius 1 is 1.00 bits per heavy atom. The van der Waals surface area contributed by atoms with Crippen molar-refractivity contribution >= 4 is 45.8 Å². The molecule has 1 aromatic heterocycles. The Hall–Kier alpha value is -3.99. The summed E-state index contributed by atoms with van der Waals surface area (Å²) >= 11 is 5.19. The molecule has 0 atom stereocenters. The number of carbonyl (C=O) groups is 2. The van der Waals surface area contributed by atoms with Crippen LogP contribution in [0.25, 0.3) is 10.9 Å². The van der Waals surface area contributed by atoms with Crippen LogP contribution in [0.2, 0.25) is 0 Å². The third-order valence-corrected chi connectivity index (χ3v) is 4.98. The molecule has 0 unspecified atom stereocenters. The van der Waals surface area contributed by atoms with Gasteiger partial charge in [-0.1, -0.05) is 0 Å². The Kier molecular flexibility index (Phi) is 9.13.